The minimum Gasteiger partial charge on any atom is -0.236 e. The molecule has 2 nitrogen and oxygen atoms in total. The van der Waals surface area contributed by atoms with Crippen LogP contribution in [0.1, 0.15) is 37.9 Å². The Morgan fingerprint density at radius 2 is 1.74 bits per heavy atom. The normalized spacial score (nSPS) is 11.6. The van der Waals surface area contributed by atoms with Gasteiger partial charge < -0.3 is 0 Å². The van der Waals surface area contributed by atoms with E-state index in [1.54, 1.807) is 0 Å². The van der Waals surface area contributed by atoms with E-state index >= 15 is 0 Å². The largest absolute Gasteiger partial charge is 0.236 e. The summed E-state index contributed by atoms with van der Waals surface area (Å²) in [5, 5.41) is 0.548. The maximum absolute atomic E-state index is 6.23. The van der Waals surface area contributed by atoms with Crippen molar-refractivity contribution in [3.63, 3.8) is 0 Å². The van der Waals surface area contributed by atoms with Gasteiger partial charge in [0.15, 0.2) is 0 Å². The third-order valence-electron chi connectivity index (χ3n) is 2.77. The van der Waals surface area contributed by atoms with E-state index in [0.29, 0.717) is 11.6 Å². The lowest BCUT2D eigenvalue weighted by Crippen LogP contribution is -2.18. The SMILES string of the molecule is CC(C)(C)c1nc(Cc2ccccc2)nc(Cl)c1I. The molecule has 0 aliphatic heterocycles. The van der Waals surface area contributed by atoms with Gasteiger partial charge in [-0.25, -0.2) is 9.97 Å². The molecular formula is C15H16ClIN2. The van der Waals surface area contributed by atoms with Crippen molar-refractivity contribution in [2.75, 3.05) is 0 Å². The highest BCUT2D eigenvalue weighted by Gasteiger charge is 2.22. The molecule has 0 aliphatic rings. The number of hydrogen-bond donors (Lipinski definition) is 0. The average Bonchev–Trinajstić information content (AvgIpc) is 2.33. The Bertz CT molecular complexity index is 577. The van der Waals surface area contributed by atoms with Crippen LogP contribution in [0, 0.1) is 3.57 Å². The summed E-state index contributed by atoms with van der Waals surface area (Å²) in [7, 11) is 0. The maximum atomic E-state index is 6.23. The summed E-state index contributed by atoms with van der Waals surface area (Å²) < 4.78 is 0.948. The Kier molecular flexibility index (Phi) is 4.46. The first kappa shape index (κ1) is 14.7. The summed E-state index contributed by atoms with van der Waals surface area (Å²) in [4.78, 5) is 9.09. The lowest BCUT2D eigenvalue weighted by Gasteiger charge is -2.20. The topological polar surface area (TPSA) is 25.8 Å². The third-order valence-corrected chi connectivity index (χ3v) is 4.39. The van der Waals surface area contributed by atoms with Crippen LogP contribution in [0.5, 0.6) is 0 Å². The molecule has 0 unspecified atom stereocenters. The van der Waals surface area contributed by atoms with Crippen molar-refractivity contribution in [3.8, 4) is 0 Å². The molecule has 1 heterocycles. The van der Waals surface area contributed by atoms with Crippen molar-refractivity contribution < 1.29 is 0 Å². The van der Waals surface area contributed by atoms with Gasteiger partial charge in [-0.2, -0.15) is 0 Å². The molecule has 0 aliphatic carbocycles. The lowest BCUT2D eigenvalue weighted by molar-refractivity contribution is 0.558. The minimum absolute atomic E-state index is 0.0332. The molecule has 0 spiro atoms. The molecule has 0 N–H and O–H groups in total. The first-order chi connectivity index (χ1) is 8.88. The molecule has 1 aromatic heterocycles. The zero-order valence-electron chi connectivity index (χ0n) is 11.2. The van der Waals surface area contributed by atoms with Crippen LogP contribution >= 0.6 is 34.2 Å². The monoisotopic (exact) mass is 386 g/mol. The van der Waals surface area contributed by atoms with Crippen LogP contribution in [0.15, 0.2) is 30.3 Å². The predicted octanol–water partition coefficient (Wildman–Crippen LogP) is 4.62. The van der Waals surface area contributed by atoms with Gasteiger partial charge in [0.2, 0.25) is 0 Å². The fraction of sp³-hybridized carbons (Fsp3) is 0.333. The molecule has 2 rings (SSSR count). The van der Waals surface area contributed by atoms with E-state index in [1.165, 1.54) is 5.56 Å². The smallest absolute Gasteiger partial charge is 0.146 e. The molecule has 0 amide bonds. The van der Waals surface area contributed by atoms with Gasteiger partial charge in [0.25, 0.3) is 0 Å². The van der Waals surface area contributed by atoms with E-state index in [-0.39, 0.29) is 5.41 Å². The maximum Gasteiger partial charge on any atom is 0.146 e. The van der Waals surface area contributed by atoms with Gasteiger partial charge in [-0.05, 0) is 28.2 Å². The Hall–Kier alpha value is -0.680. The second-order valence-electron chi connectivity index (χ2n) is 5.51. The summed E-state index contributed by atoms with van der Waals surface area (Å²) in [6, 6.07) is 10.2. The zero-order chi connectivity index (χ0) is 14.0. The van der Waals surface area contributed by atoms with Gasteiger partial charge in [-0.1, -0.05) is 62.7 Å². The van der Waals surface area contributed by atoms with E-state index in [2.05, 4.69) is 60.5 Å². The third kappa shape index (κ3) is 3.66. The first-order valence-electron chi connectivity index (χ1n) is 6.14. The summed E-state index contributed by atoms with van der Waals surface area (Å²) in [6.45, 7) is 6.42. The van der Waals surface area contributed by atoms with Gasteiger partial charge in [0.05, 0.1) is 9.26 Å². The fourth-order valence-electron chi connectivity index (χ4n) is 1.82. The first-order valence-corrected chi connectivity index (χ1v) is 7.60. The highest BCUT2D eigenvalue weighted by Crippen LogP contribution is 2.29. The second kappa shape index (κ2) is 5.75. The van der Waals surface area contributed by atoms with Crippen molar-refractivity contribution in [2.24, 2.45) is 0 Å². The van der Waals surface area contributed by atoms with E-state index in [4.69, 9.17) is 16.6 Å². The van der Waals surface area contributed by atoms with Crippen LogP contribution in [0.25, 0.3) is 0 Å². The van der Waals surface area contributed by atoms with Gasteiger partial charge >= 0.3 is 0 Å². The minimum atomic E-state index is -0.0332. The highest BCUT2D eigenvalue weighted by atomic mass is 127. The zero-order valence-corrected chi connectivity index (χ0v) is 14.2. The number of halogens is 2. The van der Waals surface area contributed by atoms with E-state index in [1.807, 2.05) is 18.2 Å². The molecule has 19 heavy (non-hydrogen) atoms. The fourth-order valence-corrected chi connectivity index (χ4v) is 3.05. The molecule has 2 aromatic rings. The van der Waals surface area contributed by atoms with Crippen LogP contribution in [-0.4, -0.2) is 9.97 Å². The summed E-state index contributed by atoms with van der Waals surface area (Å²) in [6.07, 6.45) is 0.709. The molecule has 0 saturated carbocycles. The standard InChI is InChI=1S/C15H16ClIN2/c1-15(2,3)13-12(17)14(16)19-11(18-13)9-10-7-5-4-6-8-10/h4-8H,9H2,1-3H3. The number of hydrogen-bond acceptors (Lipinski definition) is 2. The van der Waals surface area contributed by atoms with Crippen LogP contribution in [0.4, 0.5) is 0 Å². The van der Waals surface area contributed by atoms with Gasteiger partial charge in [-0.3, -0.25) is 0 Å². The Morgan fingerprint density at radius 1 is 1.11 bits per heavy atom. The molecule has 0 atom stereocenters. The molecule has 0 radical (unpaired) electrons. The van der Waals surface area contributed by atoms with Gasteiger partial charge in [0.1, 0.15) is 11.0 Å². The van der Waals surface area contributed by atoms with Crippen LogP contribution in [0.3, 0.4) is 0 Å². The van der Waals surface area contributed by atoms with Crippen molar-refractivity contribution in [2.45, 2.75) is 32.6 Å². The number of aromatic nitrogens is 2. The molecule has 0 bridgehead atoms. The Morgan fingerprint density at radius 3 is 2.32 bits per heavy atom. The van der Waals surface area contributed by atoms with Crippen LogP contribution < -0.4 is 0 Å². The van der Waals surface area contributed by atoms with Crippen molar-refractivity contribution in [1.82, 2.24) is 9.97 Å². The van der Waals surface area contributed by atoms with E-state index in [0.717, 1.165) is 15.1 Å². The summed E-state index contributed by atoms with van der Waals surface area (Å²) in [5.41, 5.74) is 2.17. The van der Waals surface area contributed by atoms with Crippen LogP contribution in [-0.2, 0) is 11.8 Å². The molecule has 100 valence electrons. The van der Waals surface area contributed by atoms with Gasteiger partial charge in [0, 0.05) is 11.8 Å². The molecule has 1 aromatic carbocycles. The van der Waals surface area contributed by atoms with Crippen molar-refractivity contribution in [3.05, 3.63) is 56.1 Å². The summed E-state index contributed by atoms with van der Waals surface area (Å²) >= 11 is 8.45. The number of nitrogens with zero attached hydrogens (tertiary/aromatic N) is 2. The number of rotatable bonds is 2. The lowest BCUT2D eigenvalue weighted by atomic mass is 9.92. The Labute approximate surface area is 132 Å². The molecule has 0 saturated heterocycles. The molecule has 0 fully saturated rings. The quantitative estimate of drug-likeness (QED) is 0.556. The Balaban J connectivity index is 2.40. The predicted molar refractivity (Wildman–Crippen MR) is 87.7 cm³/mol. The molecule has 4 heteroatoms. The average molecular weight is 387 g/mol. The molecular weight excluding hydrogens is 371 g/mol. The second-order valence-corrected chi connectivity index (χ2v) is 6.94. The van der Waals surface area contributed by atoms with Crippen molar-refractivity contribution >= 4 is 34.2 Å². The van der Waals surface area contributed by atoms with E-state index < -0.39 is 0 Å². The summed E-state index contributed by atoms with van der Waals surface area (Å²) in [5.74, 6) is 0.779. The highest BCUT2D eigenvalue weighted by molar-refractivity contribution is 14.1. The van der Waals surface area contributed by atoms with Crippen molar-refractivity contribution in [1.29, 1.82) is 0 Å². The van der Waals surface area contributed by atoms with Crippen LogP contribution in [0.2, 0.25) is 5.15 Å². The van der Waals surface area contributed by atoms with E-state index in [9.17, 15) is 0 Å². The number of benzene rings is 1. The van der Waals surface area contributed by atoms with Gasteiger partial charge in [-0.15, -0.1) is 0 Å².